The van der Waals surface area contributed by atoms with Gasteiger partial charge in [0.25, 0.3) is 0 Å². The number of amides is 2. The fraction of sp³-hybridized carbons (Fsp3) is 0.724. The molecule has 0 bridgehead atoms. The maximum atomic E-state index is 15.2. The molecule has 1 aromatic carbocycles. The van der Waals surface area contributed by atoms with E-state index in [0.29, 0.717) is 69.6 Å². The molecule has 0 aromatic heterocycles. The monoisotopic (exact) mass is 535 g/mol. The van der Waals surface area contributed by atoms with Crippen LogP contribution < -0.4 is 20.3 Å². The van der Waals surface area contributed by atoms with Crippen LogP contribution in [0.15, 0.2) is 12.1 Å². The van der Waals surface area contributed by atoms with E-state index >= 15 is 4.39 Å². The number of piperidine rings is 1. The van der Waals surface area contributed by atoms with Crippen molar-refractivity contribution in [2.75, 3.05) is 51.5 Å². The molecule has 2 aliphatic rings. The lowest BCUT2D eigenvalue weighted by atomic mass is 9.88. The van der Waals surface area contributed by atoms with Crippen molar-refractivity contribution in [1.29, 1.82) is 0 Å². The first-order chi connectivity index (χ1) is 18.2. The average Bonchev–Trinajstić information content (AvgIpc) is 3.72. The number of methoxy groups -OCH3 is 1. The normalized spacial score (nSPS) is 20.3. The summed E-state index contributed by atoms with van der Waals surface area (Å²) in [4.78, 5) is 28.6. The Morgan fingerprint density at radius 1 is 1.18 bits per heavy atom. The van der Waals surface area contributed by atoms with E-state index in [1.54, 1.807) is 25.0 Å². The van der Waals surface area contributed by atoms with Gasteiger partial charge >= 0.3 is 0 Å². The maximum Gasteiger partial charge on any atom is 0.231 e. The predicted molar refractivity (Wildman–Crippen MR) is 146 cm³/mol. The Hall–Kier alpha value is -2.23. The molecular formula is C29H46FN3O5. The van der Waals surface area contributed by atoms with Gasteiger partial charge in [0.15, 0.2) is 0 Å². The zero-order chi connectivity index (χ0) is 27.7. The van der Waals surface area contributed by atoms with Gasteiger partial charge in [0.1, 0.15) is 11.6 Å². The third kappa shape index (κ3) is 8.64. The SMILES string of the molecule is CCOC[C@@H](CC(C)C)NC(=O)[C@@H]1CNC[C@H](C(=O)N(c2cc(OCCCOC)c(C)cc2F)C2CC2)C1. The summed E-state index contributed by atoms with van der Waals surface area (Å²) in [5, 5.41) is 6.42. The van der Waals surface area contributed by atoms with Crippen LogP contribution in [0.25, 0.3) is 0 Å². The summed E-state index contributed by atoms with van der Waals surface area (Å²) < 4.78 is 31.8. The minimum atomic E-state index is -0.433. The van der Waals surface area contributed by atoms with Crippen LogP contribution in [0, 0.1) is 30.5 Å². The van der Waals surface area contributed by atoms with E-state index in [2.05, 4.69) is 24.5 Å². The highest BCUT2D eigenvalue weighted by molar-refractivity contribution is 5.97. The van der Waals surface area contributed by atoms with Crippen LogP contribution in [0.1, 0.15) is 58.4 Å². The van der Waals surface area contributed by atoms with E-state index in [-0.39, 0.29) is 35.5 Å². The Labute approximate surface area is 227 Å². The second-order valence-corrected chi connectivity index (χ2v) is 11.0. The number of ether oxygens (including phenoxy) is 3. The molecule has 2 amide bonds. The van der Waals surface area contributed by atoms with Gasteiger partial charge in [-0.25, -0.2) is 4.39 Å². The molecular weight excluding hydrogens is 489 g/mol. The van der Waals surface area contributed by atoms with Crippen molar-refractivity contribution >= 4 is 17.5 Å². The summed E-state index contributed by atoms with van der Waals surface area (Å²) in [5.74, 6) is -0.395. The van der Waals surface area contributed by atoms with Crippen LogP contribution >= 0.6 is 0 Å². The molecule has 1 aliphatic heterocycles. The zero-order valence-corrected chi connectivity index (χ0v) is 23.7. The molecule has 0 radical (unpaired) electrons. The molecule has 1 saturated carbocycles. The predicted octanol–water partition coefficient (Wildman–Crippen LogP) is 3.84. The number of anilines is 1. The highest BCUT2D eigenvalue weighted by Crippen LogP contribution is 2.38. The molecule has 2 N–H and O–H groups in total. The third-order valence-electron chi connectivity index (χ3n) is 7.10. The lowest BCUT2D eigenvalue weighted by Gasteiger charge is -2.34. The molecule has 1 aromatic rings. The molecule has 0 spiro atoms. The van der Waals surface area contributed by atoms with Crippen molar-refractivity contribution in [3.8, 4) is 5.75 Å². The van der Waals surface area contributed by atoms with Crippen molar-refractivity contribution in [2.45, 2.75) is 71.9 Å². The lowest BCUT2D eigenvalue weighted by molar-refractivity contribution is -0.129. The zero-order valence-electron chi connectivity index (χ0n) is 23.7. The van der Waals surface area contributed by atoms with Crippen molar-refractivity contribution in [1.82, 2.24) is 10.6 Å². The van der Waals surface area contributed by atoms with Gasteiger partial charge in [0, 0.05) is 51.9 Å². The molecule has 3 rings (SSSR count). The number of rotatable bonds is 15. The Bertz CT molecular complexity index is 924. The molecule has 1 saturated heterocycles. The quantitative estimate of drug-likeness (QED) is 0.332. The fourth-order valence-corrected chi connectivity index (χ4v) is 5.04. The van der Waals surface area contributed by atoms with Crippen LogP contribution in [0.5, 0.6) is 5.75 Å². The van der Waals surface area contributed by atoms with Crippen molar-refractivity contribution in [2.24, 2.45) is 17.8 Å². The minimum Gasteiger partial charge on any atom is -0.493 e. The summed E-state index contributed by atoms with van der Waals surface area (Å²) in [6.07, 6.45) is 3.64. The van der Waals surface area contributed by atoms with Gasteiger partial charge in [-0.2, -0.15) is 0 Å². The molecule has 9 heteroatoms. The summed E-state index contributed by atoms with van der Waals surface area (Å²) in [5.41, 5.74) is 0.941. The molecule has 8 nitrogen and oxygen atoms in total. The Kier molecular flexibility index (Phi) is 11.8. The van der Waals surface area contributed by atoms with Crippen LogP contribution in [0.4, 0.5) is 10.1 Å². The Morgan fingerprint density at radius 3 is 2.58 bits per heavy atom. The highest BCUT2D eigenvalue weighted by atomic mass is 19.1. The molecule has 1 aliphatic carbocycles. The Balaban J connectivity index is 1.71. The number of nitrogens with zero attached hydrogens (tertiary/aromatic N) is 1. The highest BCUT2D eigenvalue weighted by Gasteiger charge is 2.41. The van der Waals surface area contributed by atoms with Gasteiger partial charge < -0.3 is 29.7 Å². The number of benzene rings is 1. The van der Waals surface area contributed by atoms with Gasteiger partial charge in [-0.05, 0) is 57.1 Å². The van der Waals surface area contributed by atoms with E-state index in [1.807, 2.05) is 6.92 Å². The first-order valence-electron chi connectivity index (χ1n) is 14.1. The largest absolute Gasteiger partial charge is 0.493 e. The summed E-state index contributed by atoms with van der Waals surface area (Å²) in [7, 11) is 1.64. The number of hydrogen-bond acceptors (Lipinski definition) is 6. The van der Waals surface area contributed by atoms with E-state index < -0.39 is 11.7 Å². The maximum absolute atomic E-state index is 15.2. The van der Waals surface area contributed by atoms with Crippen LogP contribution in [-0.4, -0.2) is 70.5 Å². The molecule has 1 heterocycles. The number of halogens is 1. The van der Waals surface area contributed by atoms with E-state index in [4.69, 9.17) is 14.2 Å². The van der Waals surface area contributed by atoms with E-state index in [1.165, 1.54) is 6.07 Å². The lowest BCUT2D eigenvalue weighted by Crippen LogP contribution is -2.51. The molecule has 3 atom stereocenters. The van der Waals surface area contributed by atoms with E-state index in [9.17, 15) is 9.59 Å². The number of hydrogen-bond donors (Lipinski definition) is 2. The van der Waals surface area contributed by atoms with Gasteiger partial charge in [0.05, 0.1) is 36.8 Å². The van der Waals surface area contributed by atoms with E-state index in [0.717, 1.165) is 19.3 Å². The second kappa shape index (κ2) is 14.8. The summed E-state index contributed by atoms with van der Waals surface area (Å²) >= 11 is 0. The van der Waals surface area contributed by atoms with Crippen molar-refractivity contribution < 1.29 is 28.2 Å². The van der Waals surface area contributed by atoms with Gasteiger partial charge in [-0.1, -0.05) is 13.8 Å². The van der Waals surface area contributed by atoms with Crippen LogP contribution in [0.3, 0.4) is 0 Å². The molecule has 38 heavy (non-hydrogen) atoms. The van der Waals surface area contributed by atoms with Crippen LogP contribution in [0.2, 0.25) is 0 Å². The number of nitrogens with one attached hydrogen (secondary N) is 2. The average molecular weight is 536 g/mol. The first kappa shape index (κ1) is 30.3. The summed E-state index contributed by atoms with van der Waals surface area (Å²) in [6, 6.07) is 2.99. The second-order valence-electron chi connectivity index (χ2n) is 11.0. The number of carbonyl (C=O) groups excluding carboxylic acids is 2. The number of aryl methyl sites for hydroxylation is 1. The minimum absolute atomic E-state index is 0.0307. The van der Waals surface area contributed by atoms with Gasteiger partial charge in [0.2, 0.25) is 11.8 Å². The Morgan fingerprint density at radius 2 is 1.92 bits per heavy atom. The van der Waals surface area contributed by atoms with Crippen molar-refractivity contribution in [3.63, 3.8) is 0 Å². The smallest absolute Gasteiger partial charge is 0.231 e. The van der Waals surface area contributed by atoms with Gasteiger partial charge in [-0.15, -0.1) is 0 Å². The topological polar surface area (TPSA) is 89.1 Å². The fourth-order valence-electron chi connectivity index (χ4n) is 5.04. The summed E-state index contributed by atoms with van der Waals surface area (Å²) in [6.45, 7) is 11.1. The van der Waals surface area contributed by atoms with Gasteiger partial charge in [-0.3, -0.25) is 9.59 Å². The van der Waals surface area contributed by atoms with Crippen molar-refractivity contribution in [3.05, 3.63) is 23.5 Å². The standard InChI is InChI=1S/C29H46FN3O5/c1-6-37-18-23(12-19(2)3)32-28(34)21-14-22(17-31-16-21)29(35)33(24-8-9-24)26-15-27(20(4)13-25(26)30)38-11-7-10-36-5/h13,15,19,21-24,31H,6-12,14,16-18H2,1-5H3,(H,32,34)/t21-,22+,23+/m0/s1. The molecule has 2 fully saturated rings. The third-order valence-corrected chi connectivity index (χ3v) is 7.10. The first-order valence-corrected chi connectivity index (χ1v) is 14.1. The molecule has 0 unspecified atom stereocenters. The van der Waals surface area contributed by atoms with Crippen LogP contribution in [-0.2, 0) is 19.1 Å². The molecule has 214 valence electrons. The number of carbonyl (C=O) groups is 2.